The van der Waals surface area contributed by atoms with E-state index in [0.717, 1.165) is 34.9 Å². The fraction of sp³-hybridized carbons (Fsp3) is 0.571. The van der Waals surface area contributed by atoms with Crippen molar-refractivity contribution in [1.82, 2.24) is 9.97 Å². The first-order valence-electron chi connectivity index (χ1n) is 7.02. The molecule has 0 bridgehead atoms. The van der Waals surface area contributed by atoms with Gasteiger partial charge in [-0.15, -0.1) is 11.3 Å². The summed E-state index contributed by atoms with van der Waals surface area (Å²) in [6, 6.07) is 2.22. The van der Waals surface area contributed by atoms with Gasteiger partial charge in [0.2, 0.25) is 5.95 Å². The van der Waals surface area contributed by atoms with Gasteiger partial charge in [0.15, 0.2) is 0 Å². The van der Waals surface area contributed by atoms with Crippen molar-refractivity contribution >= 4 is 33.3 Å². The highest BCUT2D eigenvalue weighted by atomic mass is 32.1. The molecule has 0 radical (unpaired) electrons. The number of nitrogens with one attached hydrogen (secondary N) is 2. The van der Waals surface area contributed by atoms with Gasteiger partial charge in [-0.3, -0.25) is 0 Å². The van der Waals surface area contributed by atoms with Crippen LogP contribution in [0.15, 0.2) is 6.07 Å². The minimum absolute atomic E-state index is 0.700. The molecule has 1 aliphatic rings. The van der Waals surface area contributed by atoms with E-state index < -0.39 is 0 Å². The van der Waals surface area contributed by atoms with Crippen molar-refractivity contribution in [2.45, 2.75) is 32.6 Å². The van der Waals surface area contributed by atoms with Crippen LogP contribution in [0, 0.1) is 5.92 Å². The lowest BCUT2D eigenvalue weighted by atomic mass is 10.2. The van der Waals surface area contributed by atoms with Crippen LogP contribution in [0.3, 0.4) is 0 Å². The molecule has 3 rings (SSSR count). The Balaban J connectivity index is 1.87. The third-order valence-electron chi connectivity index (χ3n) is 3.56. The molecule has 0 unspecified atom stereocenters. The number of aromatic nitrogens is 2. The van der Waals surface area contributed by atoms with Crippen LogP contribution in [0.5, 0.6) is 0 Å². The second-order valence-electron chi connectivity index (χ2n) is 5.09. The molecule has 0 aromatic carbocycles. The van der Waals surface area contributed by atoms with Crippen molar-refractivity contribution in [3.63, 3.8) is 0 Å². The van der Waals surface area contributed by atoms with Gasteiger partial charge < -0.3 is 10.6 Å². The normalized spacial score (nSPS) is 14.8. The molecule has 0 saturated heterocycles. The first kappa shape index (κ1) is 12.7. The highest BCUT2D eigenvalue weighted by molar-refractivity contribution is 7.18. The van der Waals surface area contributed by atoms with Gasteiger partial charge in [-0.05, 0) is 24.8 Å². The Bertz CT molecular complexity index is 574. The molecule has 1 aliphatic carbocycles. The molecule has 0 atom stereocenters. The van der Waals surface area contributed by atoms with Crippen LogP contribution in [0.25, 0.3) is 10.2 Å². The number of rotatable bonds is 6. The molecular weight excluding hydrogens is 256 g/mol. The SMILES string of the molecule is CCc1cc2c(NCCC3CC3)nc(NC)nc2s1. The molecule has 2 aromatic heterocycles. The summed E-state index contributed by atoms with van der Waals surface area (Å²) in [6.07, 6.45) is 5.12. The lowest BCUT2D eigenvalue weighted by molar-refractivity contribution is 0.759. The Morgan fingerprint density at radius 1 is 1.37 bits per heavy atom. The van der Waals surface area contributed by atoms with E-state index in [9.17, 15) is 0 Å². The lowest BCUT2D eigenvalue weighted by Crippen LogP contribution is -2.06. The topological polar surface area (TPSA) is 49.8 Å². The van der Waals surface area contributed by atoms with Crippen LogP contribution in [0.2, 0.25) is 0 Å². The van der Waals surface area contributed by atoms with Gasteiger partial charge >= 0.3 is 0 Å². The van der Waals surface area contributed by atoms with E-state index in [2.05, 4.69) is 33.6 Å². The molecule has 4 nitrogen and oxygen atoms in total. The molecular formula is C14H20N4S. The van der Waals surface area contributed by atoms with Gasteiger partial charge in [-0.25, -0.2) is 4.98 Å². The van der Waals surface area contributed by atoms with E-state index in [1.807, 2.05) is 7.05 Å². The van der Waals surface area contributed by atoms with Gasteiger partial charge in [0, 0.05) is 18.5 Å². The summed E-state index contributed by atoms with van der Waals surface area (Å²) in [5.74, 6) is 2.62. The van der Waals surface area contributed by atoms with Crippen molar-refractivity contribution in [3.8, 4) is 0 Å². The van der Waals surface area contributed by atoms with Crippen LogP contribution in [0.4, 0.5) is 11.8 Å². The van der Waals surface area contributed by atoms with Crippen LogP contribution < -0.4 is 10.6 Å². The number of fused-ring (bicyclic) bond motifs is 1. The van der Waals surface area contributed by atoms with E-state index in [0.29, 0.717) is 5.95 Å². The minimum Gasteiger partial charge on any atom is -0.369 e. The summed E-state index contributed by atoms with van der Waals surface area (Å²) in [5.41, 5.74) is 0. The molecule has 1 fully saturated rings. The maximum Gasteiger partial charge on any atom is 0.225 e. The molecule has 0 amide bonds. The maximum atomic E-state index is 4.56. The van der Waals surface area contributed by atoms with E-state index in [1.165, 1.54) is 24.1 Å². The Labute approximate surface area is 117 Å². The predicted octanol–water partition coefficient (Wildman–Crippen LogP) is 3.51. The third-order valence-corrected chi connectivity index (χ3v) is 4.73. The molecule has 0 aliphatic heterocycles. The molecule has 2 heterocycles. The van der Waals surface area contributed by atoms with Crippen LogP contribution in [0.1, 0.15) is 31.1 Å². The largest absolute Gasteiger partial charge is 0.369 e. The fourth-order valence-corrected chi connectivity index (χ4v) is 3.16. The Kier molecular flexibility index (Phi) is 3.55. The number of thiophene rings is 1. The molecule has 102 valence electrons. The van der Waals surface area contributed by atoms with Crippen molar-refractivity contribution in [1.29, 1.82) is 0 Å². The second-order valence-corrected chi connectivity index (χ2v) is 6.20. The zero-order valence-electron chi connectivity index (χ0n) is 11.5. The third kappa shape index (κ3) is 2.81. The van der Waals surface area contributed by atoms with Gasteiger partial charge in [-0.1, -0.05) is 19.8 Å². The summed E-state index contributed by atoms with van der Waals surface area (Å²) < 4.78 is 0. The highest BCUT2D eigenvalue weighted by Gasteiger charge is 2.20. The lowest BCUT2D eigenvalue weighted by Gasteiger charge is -2.08. The van der Waals surface area contributed by atoms with E-state index in [4.69, 9.17) is 0 Å². The van der Waals surface area contributed by atoms with Crippen LogP contribution >= 0.6 is 11.3 Å². The number of hydrogen-bond donors (Lipinski definition) is 2. The highest BCUT2D eigenvalue weighted by Crippen LogP contribution is 2.33. The van der Waals surface area contributed by atoms with Crippen LogP contribution in [-0.4, -0.2) is 23.6 Å². The summed E-state index contributed by atoms with van der Waals surface area (Å²) >= 11 is 1.76. The smallest absolute Gasteiger partial charge is 0.225 e. The van der Waals surface area contributed by atoms with E-state index in [-0.39, 0.29) is 0 Å². The van der Waals surface area contributed by atoms with E-state index >= 15 is 0 Å². The molecule has 2 aromatic rings. The molecule has 1 saturated carbocycles. The predicted molar refractivity (Wildman–Crippen MR) is 82.2 cm³/mol. The van der Waals surface area contributed by atoms with Gasteiger partial charge in [0.05, 0.1) is 5.39 Å². The number of hydrogen-bond acceptors (Lipinski definition) is 5. The van der Waals surface area contributed by atoms with Crippen molar-refractivity contribution in [2.75, 3.05) is 24.2 Å². The number of aryl methyl sites for hydroxylation is 1. The fourth-order valence-electron chi connectivity index (χ4n) is 2.19. The minimum atomic E-state index is 0.700. The maximum absolute atomic E-state index is 4.56. The summed E-state index contributed by atoms with van der Waals surface area (Å²) in [4.78, 5) is 11.5. The number of anilines is 2. The summed E-state index contributed by atoms with van der Waals surface area (Å²) in [7, 11) is 1.86. The molecule has 5 heteroatoms. The quantitative estimate of drug-likeness (QED) is 0.847. The first-order valence-corrected chi connectivity index (χ1v) is 7.84. The molecule has 0 spiro atoms. The Morgan fingerprint density at radius 3 is 2.89 bits per heavy atom. The van der Waals surface area contributed by atoms with Crippen molar-refractivity contribution in [3.05, 3.63) is 10.9 Å². The number of nitrogens with zero attached hydrogens (tertiary/aromatic N) is 2. The van der Waals surface area contributed by atoms with Crippen molar-refractivity contribution in [2.24, 2.45) is 5.92 Å². The zero-order chi connectivity index (χ0) is 13.2. The first-order chi connectivity index (χ1) is 9.30. The second kappa shape index (κ2) is 5.33. The monoisotopic (exact) mass is 276 g/mol. The Hall–Kier alpha value is -1.36. The summed E-state index contributed by atoms with van der Waals surface area (Å²) in [5, 5.41) is 7.69. The summed E-state index contributed by atoms with van der Waals surface area (Å²) in [6.45, 7) is 3.19. The van der Waals surface area contributed by atoms with Gasteiger partial charge in [0.1, 0.15) is 10.6 Å². The van der Waals surface area contributed by atoms with Gasteiger partial charge in [0.25, 0.3) is 0 Å². The van der Waals surface area contributed by atoms with Crippen LogP contribution in [-0.2, 0) is 6.42 Å². The average Bonchev–Trinajstić information content (AvgIpc) is 3.15. The zero-order valence-corrected chi connectivity index (χ0v) is 12.3. The molecule has 2 N–H and O–H groups in total. The van der Waals surface area contributed by atoms with Crippen molar-refractivity contribution < 1.29 is 0 Å². The Morgan fingerprint density at radius 2 is 2.21 bits per heavy atom. The standard InChI is InChI=1S/C14H20N4S/c1-3-10-8-11-12(16-7-6-9-4-5-9)17-14(15-2)18-13(11)19-10/h8-9H,3-7H2,1-2H3,(H2,15,16,17,18). The van der Waals surface area contributed by atoms with E-state index in [1.54, 1.807) is 11.3 Å². The average molecular weight is 276 g/mol. The molecule has 19 heavy (non-hydrogen) atoms. The van der Waals surface area contributed by atoms with Gasteiger partial charge in [-0.2, -0.15) is 4.98 Å².